The molecule has 0 saturated carbocycles. The van der Waals surface area contributed by atoms with Crippen molar-refractivity contribution in [1.29, 1.82) is 0 Å². The number of hydrogen-bond donors (Lipinski definition) is 1. The maximum Gasteiger partial charge on any atom is 0.226 e. The van der Waals surface area contributed by atoms with Gasteiger partial charge >= 0.3 is 0 Å². The zero-order valence-corrected chi connectivity index (χ0v) is 13.2. The maximum atomic E-state index is 13.7. The third-order valence-corrected chi connectivity index (χ3v) is 3.42. The van der Waals surface area contributed by atoms with Gasteiger partial charge in [0.2, 0.25) is 5.91 Å². The Hall–Kier alpha value is -2.07. The van der Waals surface area contributed by atoms with Crippen LogP contribution in [0.2, 0.25) is 5.02 Å². The number of halogens is 2. The van der Waals surface area contributed by atoms with Crippen LogP contribution in [0.25, 0.3) is 0 Å². The quantitative estimate of drug-likeness (QED) is 0.870. The minimum Gasteiger partial charge on any atom is -0.489 e. The molecule has 0 spiro atoms. The largest absolute Gasteiger partial charge is 0.489 e. The van der Waals surface area contributed by atoms with Crippen LogP contribution in [0, 0.1) is 11.7 Å². The summed E-state index contributed by atoms with van der Waals surface area (Å²) >= 11 is 5.95. The second-order valence-corrected chi connectivity index (χ2v) is 5.57. The van der Waals surface area contributed by atoms with E-state index in [1.165, 1.54) is 6.07 Å². The van der Waals surface area contributed by atoms with Gasteiger partial charge in [0.25, 0.3) is 0 Å². The summed E-state index contributed by atoms with van der Waals surface area (Å²) in [5.74, 6) is -0.0614. The van der Waals surface area contributed by atoms with Gasteiger partial charge in [0.1, 0.15) is 18.2 Å². The third-order valence-electron chi connectivity index (χ3n) is 3.07. The molecule has 0 fully saturated rings. The topological polar surface area (TPSA) is 38.3 Å². The Morgan fingerprint density at radius 2 is 2.00 bits per heavy atom. The van der Waals surface area contributed by atoms with E-state index in [1.54, 1.807) is 36.4 Å². The molecule has 0 unspecified atom stereocenters. The molecule has 0 saturated heterocycles. The standard InChI is InChI=1S/C17H17ClFNO2/c1-11(2)17(21)20-12-5-3-6-13(9-12)22-10-14-15(18)7-4-8-16(14)19/h3-9,11H,10H2,1-2H3,(H,20,21). The van der Waals surface area contributed by atoms with Crippen molar-refractivity contribution in [2.24, 2.45) is 5.92 Å². The van der Waals surface area contributed by atoms with Gasteiger partial charge in [-0.05, 0) is 24.3 Å². The van der Waals surface area contributed by atoms with Gasteiger partial charge < -0.3 is 10.1 Å². The minimum absolute atomic E-state index is 0.0209. The zero-order chi connectivity index (χ0) is 16.1. The number of carbonyl (C=O) groups is 1. The Morgan fingerprint density at radius 1 is 1.27 bits per heavy atom. The fourth-order valence-corrected chi connectivity index (χ4v) is 1.99. The van der Waals surface area contributed by atoms with Crippen LogP contribution in [0.1, 0.15) is 19.4 Å². The number of amides is 1. The van der Waals surface area contributed by atoms with E-state index in [-0.39, 0.29) is 18.4 Å². The molecule has 0 aromatic heterocycles. The molecule has 22 heavy (non-hydrogen) atoms. The summed E-state index contributed by atoms with van der Waals surface area (Å²) < 4.78 is 19.2. The zero-order valence-electron chi connectivity index (χ0n) is 12.4. The highest BCUT2D eigenvalue weighted by Gasteiger charge is 2.09. The molecule has 1 N–H and O–H groups in total. The van der Waals surface area contributed by atoms with E-state index in [9.17, 15) is 9.18 Å². The summed E-state index contributed by atoms with van der Waals surface area (Å²) in [6.45, 7) is 3.65. The van der Waals surface area contributed by atoms with Crippen molar-refractivity contribution in [2.75, 3.05) is 5.32 Å². The lowest BCUT2D eigenvalue weighted by atomic mass is 10.2. The van der Waals surface area contributed by atoms with E-state index in [2.05, 4.69) is 5.32 Å². The highest BCUT2D eigenvalue weighted by atomic mass is 35.5. The Labute approximate surface area is 134 Å². The molecule has 2 aromatic carbocycles. The fourth-order valence-electron chi connectivity index (χ4n) is 1.78. The molecule has 1 amide bonds. The summed E-state index contributed by atoms with van der Waals surface area (Å²) in [6.07, 6.45) is 0. The lowest BCUT2D eigenvalue weighted by molar-refractivity contribution is -0.118. The predicted molar refractivity (Wildman–Crippen MR) is 85.7 cm³/mol. The van der Waals surface area contributed by atoms with E-state index in [0.717, 1.165) is 0 Å². The molecule has 0 bridgehead atoms. The first-order valence-electron chi connectivity index (χ1n) is 6.94. The highest BCUT2D eigenvalue weighted by Crippen LogP contribution is 2.23. The van der Waals surface area contributed by atoms with Crippen molar-refractivity contribution < 1.29 is 13.9 Å². The average Bonchev–Trinajstić information content (AvgIpc) is 2.47. The monoisotopic (exact) mass is 321 g/mol. The summed E-state index contributed by atoms with van der Waals surface area (Å²) in [5, 5.41) is 3.11. The van der Waals surface area contributed by atoms with Crippen LogP contribution in [-0.2, 0) is 11.4 Å². The predicted octanol–water partition coefficient (Wildman–Crippen LogP) is 4.65. The maximum absolute atomic E-state index is 13.7. The van der Waals surface area contributed by atoms with E-state index < -0.39 is 5.82 Å². The van der Waals surface area contributed by atoms with E-state index in [0.29, 0.717) is 22.0 Å². The van der Waals surface area contributed by atoms with Crippen molar-refractivity contribution in [3.63, 3.8) is 0 Å². The number of nitrogens with one attached hydrogen (secondary N) is 1. The number of carbonyl (C=O) groups excluding carboxylic acids is 1. The normalized spacial score (nSPS) is 10.6. The Kier molecular flexibility index (Phi) is 5.39. The van der Waals surface area contributed by atoms with Gasteiger partial charge in [-0.3, -0.25) is 4.79 Å². The molecule has 116 valence electrons. The molecule has 0 aliphatic rings. The molecule has 0 aliphatic carbocycles. The van der Waals surface area contributed by atoms with Crippen LogP contribution < -0.4 is 10.1 Å². The molecule has 2 aromatic rings. The van der Waals surface area contributed by atoms with Crippen LogP contribution in [0.15, 0.2) is 42.5 Å². The molecule has 5 heteroatoms. The molecule has 3 nitrogen and oxygen atoms in total. The van der Waals surface area contributed by atoms with E-state index >= 15 is 0 Å². The van der Waals surface area contributed by atoms with Gasteiger partial charge in [0.15, 0.2) is 0 Å². The molecule has 2 rings (SSSR count). The summed E-state index contributed by atoms with van der Waals surface area (Å²) in [7, 11) is 0. The molecule has 0 atom stereocenters. The average molecular weight is 322 g/mol. The van der Waals surface area contributed by atoms with Crippen LogP contribution in [0.4, 0.5) is 10.1 Å². The summed E-state index contributed by atoms with van der Waals surface area (Å²) in [6, 6.07) is 11.4. The number of rotatable bonds is 5. The van der Waals surface area contributed by atoms with Crippen molar-refractivity contribution in [1.82, 2.24) is 0 Å². The second-order valence-electron chi connectivity index (χ2n) is 5.16. The highest BCUT2D eigenvalue weighted by molar-refractivity contribution is 6.31. The SMILES string of the molecule is CC(C)C(=O)Nc1cccc(OCc2c(F)cccc2Cl)c1. The number of anilines is 1. The second kappa shape index (κ2) is 7.27. The molecular formula is C17H17ClFNO2. The minimum atomic E-state index is -0.406. The summed E-state index contributed by atoms with van der Waals surface area (Å²) in [4.78, 5) is 11.7. The van der Waals surface area contributed by atoms with E-state index in [4.69, 9.17) is 16.3 Å². The first-order valence-corrected chi connectivity index (χ1v) is 7.32. The van der Waals surface area contributed by atoms with Gasteiger partial charge in [0.05, 0.1) is 5.02 Å². The van der Waals surface area contributed by atoms with Crippen LogP contribution in [-0.4, -0.2) is 5.91 Å². The van der Waals surface area contributed by atoms with Crippen LogP contribution in [0.3, 0.4) is 0 Å². The van der Waals surface area contributed by atoms with Gasteiger partial charge in [0, 0.05) is 23.2 Å². The molecule has 0 aliphatic heterocycles. The lowest BCUT2D eigenvalue weighted by Gasteiger charge is -2.11. The van der Waals surface area contributed by atoms with Gasteiger partial charge in [-0.2, -0.15) is 0 Å². The molecule has 0 radical (unpaired) electrons. The number of benzene rings is 2. The smallest absolute Gasteiger partial charge is 0.226 e. The Balaban J connectivity index is 2.06. The number of ether oxygens (including phenoxy) is 1. The first-order chi connectivity index (χ1) is 10.5. The lowest BCUT2D eigenvalue weighted by Crippen LogP contribution is -2.17. The summed E-state index contributed by atoms with van der Waals surface area (Å²) in [5.41, 5.74) is 0.941. The van der Waals surface area contributed by atoms with Crippen LogP contribution in [0.5, 0.6) is 5.75 Å². The Morgan fingerprint density at radius 3 is 2.68 bits per heavy atom. The van der Waals surface area contributed by atoms with Crippen molar-refractivity contribution in [2.45, 2.75) is 20.5 Å². The Bertz CT molecular complexity index is 653. The van der Waals surface area contributed by atoms with E-state index in [1.807, 2.05) is 13.8 Å². The molecule has 0 heterocycles. The first kappa shape index (κ1) is 16.3. The third kappa shape index (κ3) is 4.21. The van der Waals surface area contributed by atoms with Crippen LogP contribution >= 0.6 is 11.6 Å². The van der Waals surface area contributed by atoms with Crippen molar-refractivity contribution >= 4 is 23.2 Å². The van der Waals surface area contributed by atoms with Crippen molar-refractivity contribution in [3.8, 4) is 5.75 Å². The van der Waals surface area contributed by atoms with Gasteiger partial charge in [-0.15, -0.1) is 0 Å². The fraction of sp³-hybridized carbons (Fsp3) is 0.235. The van der Waals surface area contributed by atoms with Gasteiger partial charge in [-0.25, -0.2) is 4.39 Å². The van der Waals surface area contributed by atoms with Gasteiger partial charge in [-0.1, -0.05) is 37.6 Å². The molecular weight excluding hydrogens is 305 g/mol. The van der Waals surface area contributed by atoms with Crippen molar-refractivity contribution in [3.05, 3.63) is 58.9 Å². The number of hydrogen-bond acceptors (Lipinski definition) is 2.